The van der Waals surface area contributed by atoms with Gasteiger partial charge in [-0.3, -0.25) is 4.79 Å². The molecule has 0 aliphatic heterocycles. The zero-order valence-electron chi connectivity index (χ0n) is 11.3. The maximum absolute atomic E-state index is 12.0. The molecule has 0 aromatic carbocycles. The number of amides is 1. The van der Waals surface area contributed by atoms with E-state index < -0.39 is 35.1 Å². The van der Waals surface area contributed by atoms with E-state index in [-0.39, 0.29) is 10.6 Å². The van der Waals surface area contributed by atoms with Gasteiger partial charge in [-0.05, 0) is 12.5 Å². The molecule has 1 amide bonds. The summed E-state index contributed by atoms with van der Waals surface area (Å²) in [5.74, 6) is -0.775. The van der Waals surface area contributed by atoms with Crippen molar-refractivity contribution in [2.24, 2.45) is 5.14 Å². The Labute approximate surface area is 120 Å². The average Bonchev–Trinajstić information content (AvgIpc) is 2.71. The molecule has 1 rings (SSSR count). The number of halogens is 3. The molecule has 1 aromatic rings. The number of primary sulfonamides is 1. The lowest BCUT2D eigenvalue weighted by Gasteiger charge is -2.09. The van der Waals surface area contributed by atoms with Gasteiger partial charge in [0.15, 0.2) is 0 Å². The maximum atomic E-state index is 12.0. The minimum atomic E-state index is -4.37. The van der Waals surface area contributed by atoms with Crippen LogP contribution < -0.4 is 10.5 Å². The van der Waals surface area contributed by atoms with E-state index >= 15 is 0 Å². The van der Waals surface area contributed by atoms with Crippen LogP contribution in [0.1, 0.15) is 30.3 Å². The third-order valence-electron chi connectivity index (χ3n) is 2.59. The number of rotatable bonds is 6. The minimum absolute atomic E-state index is 0.0388. The first-order valence-corrected chi connectivity index (χ1v) is 7.67. The third kappa shape index (κ3) is 5.38. The first kappa shape index (κ1) is 17.5. The second-order valence-corrected chi connectivity index (χ2v) is 5.98. The fourth-order valence-electron chi connectivity index (χ4n) is 1.66. The Hall–Kier alpha value is -1.55. The Morgan fingerprint density at radius 2 is 2.05 bits per heavy atom. The van der Waals surface area contributed by atoms with E-state index in [2.05, 4.69) is 5.32 Å². The van der Waals surface area contributed by atoms with E-state index in [9.17, 15) is 26.4 Å². The first-order chi connectivity index (χ1) is 9.54. The molecular weight excluding hydrogens is 311 g/mol. The number of aryl methyl sites for hydroxylation is 1. The van der Waals surface area contributed by atoms with E-state index in [0.717, 1.165) is 6.07 Å². The topological polar surface area (TPSA) is 94.2 Å². The predicted octanol–water partition coefficient (Wildman–Crippen LogP) is 1.23. The number of nitrogens with one attached hydrogen (secondary N) is 1. The molecule has 6 nitrogen and oxygen atoms in total. The largest absolute Gasteiger partial charge is 0.390 e. The Balaban J connectivity index is 2.89. The number of hydrogen-bond donors (Lipinski definition) is 2. The van der Waals surface area contributed by atoms with Crippen molar-refractivity contribution >= 4 is 15.9 Å². The van der Waals surface area contributed by atoms with Crippen LogP contribution in [-0.2, 0) is 16.6 Å². The molecule has 0 atom stereocenters. The monoisotopic (exact) mass is 327 g/mol. The van der Waals surface area contributed by atoms with Crippen LogP contribution in [0.15, 0.2) is 17.2 Å². The fourth-order valence-corrected chi connectivity index (χ4v) is 2.21. The summed E-state index contributed by atoms with van der Waals surface area (Å²) in [7, 11) is -3.98. The zero-order chi connectivity index (χ0) is 16.3. The molecule has 0 aliphatic rings. The molecule has 0 radical (unpaired) electrons. The lowest BCUT2D eigenvalue weighted by Crippen LogP contribution is -2.29. The Morgan fingerprint density at radius 1 is 1.43 bits per heavy atom. The standard InChI is InChI=1S/C11H16F3N3O3S/c1-2-5-17-7-8(21(15,19)20)6-9(17)10(18)16-4-3-11(12,13)14/h6-7H,2-5H2,1H3,(H,16,18)(H2,15,19,20). The molecular formula is C11H16F3N3O3S. The number of sulfonamides is 1. The number of carbonyl (C=O) groups is 1. The fraction of sp³-hybridized carbons (Fsp3) is 0.545. The Morgan fingerprint density at radius 3 is 2.52 bits per heavy atom. The van der Waals surface area contributed by atoms with Crippen LogP contribution in [0.2, 0.25) is 0 Å². The van der Waals surface area contributed by atoms with Crippen molar-refractivity contribution in [1.29, 1.82) is 0 Å². The summed E-state index contributed by atoms with van der Waals surface area (Å²) in [6.07, 6.45) is -3.72. The molecule has 0 saturated heterocycles. The van der Waals surface area contributed by atoms with E-state index in [1.165, 1.54) is 10.8 Å². The minimum Gasteiger partial charge on any atom is -0.350 e. The number of carbonyl (C=O) groups excluding carboxylic acids is 1. The normalized spacial score (nSPS) is 12.4. The highest BCUT2D eigenvalue weighted by atomic mass is 32.2. The lowest BCUT2D eigenvalue weighted by atomic mass is 10.3. The van der Waals surface area contributed by atoms with Crippen LogP contribution in [0.3, 0.4) is 0 Å². The predicted molar refractivity (Wildman–Crippen MR) is 69.1 cm³/mol. The van der Waals surface area contributed by atoms with Gasteiger partial charge in [0, 0.05) is 19.3 Å². The van der Waals surface area contributed by atoms with Crippen LogP contribution in [0.4, 0.5) is 13.2 Å². The van der Waals surface area contributed by atoms with Gasteiger partial charge in [0.05, 0.1) is 6.42 Å². The van der Waals surface area contributed by atoms with Crippen molar-refractivity contribution in [3.63, 3.8) is 0 Å². The van der Waals surface area contributed by atoms with Gasteiger partial charge in [0.25, 0.3) is 5.91 Å². The molecule has 1 aromatic heterocycles. The highest BCUT2D eigenvalue weighted by Gasteiger charge is 2.27. The zero-order valence-corrected chi connectivity index (χ0v) is 12.1. The molecule has 0 aliphatic carbocycles. The SMILES string of the molecule is CCCn1cc(S(N)(=O)=O)cc1C(=O)NCCC(F)(F)F. The van der Waals surface area contributed by atoms with Gasteiger partial charge in [-0.15, -0.1) is 0 Å². The number of alkyl halides is 3. The van der Waals surface area contributed by atoms with Crippen molar-refractivity contribution in [2.75, 3.05) is 6.54 Å². The summed E-state index contributed by atoms with van der Waals surface area (Å²) in [5.41, 5.74) is -0.0388. The van der Waals surface area contributed by atoms with Gasteiger partial charge in [-0.1, -0.05) is 6.92 Å². The van der Waals surface area contributed by atoms with Gasteiger partial charge in [0.2, 0.25) is 10.0 Å². The summed E-state index contributed by atoms with van der Waals surface area (Å²) < 4.78 is 59.9. The Bertz CT molecular complexity index is 608. The first-order valence-electron chi connectivity index (χ1n) is 6.12. The molecule has 0 spiro atoms. The van der Waals surface area contributed by atoms with Crippen molar-refractivity contribution in [2.45, 2.75) is 37.4 Å². The molecule has 3 N–H and O–H groups in total. The number of hydrogen-bond acceptors (Lipinski definition) is 3. The quantitative estimate of drug-likeness (QED) is 0.823. The van der Waals surface area contributed by atoms with Crippen molar-refractivity contribution < 1.29 is 26.4 Å². The van der Waals surface area contributed by atoms with Crippen LogP contribution >= 0.6 is 0 Å². The van der Waals surface area contributed by atoms with Crippen LogP contribution in [0.25, 0.3) is 0 Å². The molecule has 0 bridgehead atoms. The summed E-state index contributed by atoms with van der Waals surface area (Å²) in [5, 5.41) is 7.07. The van der Waals surface area contributed by atoms with Gasteiger partial charge >= 0.3 is 6.18 Å². The third-order valence-corrected chi connectivity index (χ3v) is 3.47. The highest BCUT2D eigenvalue weighted by molar-refractivity contribution is 7.89. The van der Waals surface area contributed by atoms with Crippen molar-refractivity contribution in [3.05, 3.63) is 18.0 Å². The number of nitrogens with two attached hydrogens (primary N) is 1. The molecule has 10 heteroatoms. The van der Waals surface area contributed by atoms with Gasteiger partial charge in [-0.25, -0.2) is 13.6 Å². The van der Waals surface area contributed by atoms with Gasteiger partial charge < -0.3 is 9.88 Å². The van der Waals surface area contributed by atoms with Gasteiger partial charge in [0.1, 0.15) is 10.6 Å². The number of nitrogens with zero attached hydrogens (tertiary/aromatic N) is 1. The van der Waals surface area contributed by atoms with Crippen molar-refractivity contribution in [1.82, 2.24) is 9.88 Å². The summed E-state index contributed by atoms with van der Waals surface area (Å²) in [6, 6.07) is 1.05. The lowest BCUT2D eigenvalue weighted by molar-refractivity contribution is -0.133. The van der Waals surface area contributed by atoms with Crippen LogP contribution in [-0.4, -0.2) is 31.6 Å². The second-order valence-electron chi connectivity index (χ2n) is 4.42. The smallest absolute Gasteiger partial charge is 0.350 e. The van der Waals surface area contributed by atoms with Crippen molar-refractivity contribution in [3.8, 4) is 0 Å². The highest BCUT2D eigenvalue weighted by Crippen LogP contribution is 2.18. The molecule has 0 fully saturated rings. The second kappa shape index (κ2) is 6.48. The number of aromatic nitrogens is 1. The Kier molecular flexibility index (Phi) is 5.40. The van der Waals surface area contributed by atoms with Crippen LogP contribution in [0, 0.1) is 0 Å². The molecule has 120 valence electrons. The summed E-state index contributed by atoms with van der Waals surface area (Å²) in [4.78, 5) is 11.6. The van der Waals surface area contributed by atoms with Gasteiger partial charge in [-0.2, -0.15) is 13.2 Å². The van der Waals surface area contributed by atoms with E-state index in [4.69, 9.17) is 5.14 Å². The molecule has 1 heterocycles. The van der Waals surface area contributed by atoms with Crippen LogP contribution in [0.5, 0.6) is 0 Å². The van der Waals surface area contributed by atoms with E-state index in [1.54, 1.807) is 0 Å². The molecule has 0 unspecified atom stereocenters. The molecule has 21 heavy (non-hydrogen) atoms. The van der Waals surface area contributed by atoms with E-state index in [1.807, 2.05) is 6.92 Å². The summed E-state index contributed by atoms with van der Waals surface area (Å²) >= 11 is 0. The molecule has 0 saturated carbocycles. The average molecular weight is 327 g/mol. The van der Waals surface area contributed by atoms with E-state index in [0.29, 0.717) is 13.0 Å². The maximum Gasteiger partial charge on any atom is 0.390 e. The summed E-state index contributed by atoms with van der Waals surface area (Å²) in [6.45, 7) is 1.57.